The number of esters is 1. The third-order valence-electron chi connectivity index (χ3n) is 3.34. The molecule has 5 heteroatoms. The van der Waals surface area contributed by atoms with Crippen molar-refractivity contribution in [2.75, 3.05) is 7.11 Å². The van der Waals surface area contributed by atoms with Gasteiger partial charge in [-0.2, -0.15) is 5.10 Å². The molecule has 2 aromatic rings. The molecular formula is C15H19N3O2. The molecule has 0 fully saturated rings. The van der Waals surface area contributed by atoms with E-state index in [0.29, 0.717) is 13.0 Å². The van der Waals surface area contributed by atoms with Crippen molar-refractivity contribution in [2.24, 2.45) is 5.73 Å². The van der Waals surface area contributed by atoms with Gasteiger partial charge < -0.3 is 10.5 Å². The molecule has 2 rings (SSSR count). The molecule has 0 aliphatic rings. The smallest absolute Gasteiger partial charge is 0.330 e. The Balaban J connectivity index is 2.22. The van der Waals surface area contributed by atoms with Crippen molar-refractivity contribution in [2.45, 2.75) is 25.4 Å². The Hall–Kier alpha value is -2.14. The van der Waals surface area contributed by atoms with Gasteiger partial charge in [-0.1, -0.05) is 30.3 Å². The van der Waals surface area contributed by atoms with Gasteiger partial charge in [0.25, 0.3) is 0 Å². The van der Waals surface area contributed by atoms with Gasteiger partial charge in [0.15, 0.2) is 0 Å². The summed E-state index contributed by atoms with van der Waals surface area (Å²) in [6.45, 7) is 2.52. The Kier molecular flexibility index (Phi) is 4.20. The topological polar surface area (TPSA) is 70.1 Å². The molecule has 1 heterocycles. The number of aryl methyl sites for hydroxylation is 2. The maximum atomic E-state index is 12.1. The first-order valence-corrected chi connectivity index (χ1v) is 6.48. The molecule has 20 heavy (non-hydrogen) atoms. The van der Waals surface area contributed by atoms with E-state index in [-0.39, 0.29) is 0 Å². The average Bonchev–Trinajstić information content (AvgIpc) is 2.90. The molecule has 0 amide bonds. The fraction of sp³-hybridized carbons (Fsp3) is 0.333. The Bertz CT molecular complexity index is 580. The molecule has 0 saturated heterocycles. The van der Waals surface area contributed by atoms with Crippen molar-refractivity contribution in [3.05, 3.63) is 53.9 Å². The van der Waals surface area contributed by atoms with E-state index in [0.717, 1.165) is 11.1 Å². The predicted molar refractivity (Wildman–Crippen MR) is 75.9 cm³/mol. The van der Waals surface area contributed by atoms with Crippen LogP contribution < -0.4 is 5.73 Å². The fourth-order valence-corrected chi connectivity index (χ4v) is 2.16. The first kappa shape index (κ1) is 14.3. The van der Waals surface area contributed by atoms with Crippen LogP contribution in [-0.2, 0) is 21.6 Å². The molecule has 0 aliphatic carbocycles. The SMILES string of the molecule is COC(=O)C(N)(CCn1cc(C)cn1)c1ccccc1. The van der Waals surface area contributed by atoms with Gasteiger partial charge in [-0.25, -0.2) is 4.79 Å². The lowest BCUT2D eigenvalue weighted by Gasteiger charge is -2.27. The monoisotopic (exact) mass is 273 g/mol. The zero-order chi connectivity index (χ0) is 14.6. The van der Waals surface area contributed by atoms with Gasteiger partial charge in [0.05, 0.1) is 13.3 Å². The quantitative estimate of drug-likeness (QED) is 0.840. The molecular weight excluding hydrogens is 254 g/mol. The summed E-state index contributed by atoms with van der Waals surface area (Å²) < 4.78 is 6.65. The van der Waals surface area contributed by atoms with E-state index < -0.39 is 11.5 Å². The number of carbonyl (C=O) groups is 1. The van der Waals surface area contributed by atoms with Crippen molar-refractivity contribution >= 4 is 5.97 Å². The summed E-state index contributed by atoms with van der Waals surface area (Å²) in [5, 5.41) is 4.21. The van der Waals surface area contributed by atoms with Crippen molar-refractivity contribution < 1.29 is 9.53 Å². The lowest BCUT2D eigenvalue weighted by atomic mass is 9.87. The number of nitrogens with zero attached hydrogens (tertiary/aromatic N) is 2. The van der Waals surface area contributed by atoms with Gasteiger partial charge in [-0.3, -0.25) is 4.68 Å². The van der Waals surface area contributed by atoms with Crippen molar-refractivity contribution in [1.29, 1.82) is 0 Å². The van der Waals surface area contributed by atoms with Gasteiger partial charge >= 0.3 is 5.97 Å². The number of ether oxygens (including phenoxy) is 1. The van der Waals surface area contributed by atoms with Crippen LogP contribution in [0.5, 0.6) is 0 Å². The normalized spacial score (nSPS) is 13.8. The third kappa shape index (κ3) is 2.88. The molecule has 1 unspecified atom stereocenters. The number of rotatable bonds is 5. The number of hydrogen-bond donors (Lipinski definition) is 1. The fourth-order valence-electron chi connectivity index (χ4n) is 2.16. The summed E-state index contributed by atoms with van der Waals surface area (Å²) in [5.74, 6) is -0.437. The lowest BCUT2D eigenvalue weighted by Crippen LogP contribution is -2.46. The largest absolute Gasteiger partial charge is 0.467 e. The second kappa shape index (κ2) is 5.88. The zero-order valence-electron chi connectivity index (χ0n) is 11.7. The minimum Gasteiger partial charge on any atom is -0.467 e. The molecule has 0 bridgehead atoms. The Morgan fingerprint density at radius 3 is 2.65 bits per heavy atom. The van der Waals surface area contributed by atoms with E-state index in [1.807, 2.05) is 43.5 Å². The van der Waals surface area contributed by atoms with Crippen molar-refractivity contribution in [3.8, 4) is 0 Å². The number of hydrogen-bond acceptors (Lipinski definition) is 4. The van der Waals surface area contributed by atoms with E-state index in [1.54, 1.807) is 10.9 Å². The second-order valence-corrected chi connectivity index (χ2v) is 4.86. The van der Waals surface area contributed by atoms with E-state index in [4.69, 9.17) is 10.5 Å². The Morgan fingerprint density at radius 1 is 1.40 bits per heavy atom. The molecule has 1 aromatic heterocycles. The van der Waals surface area contributed by atoms with E-state index in [1.165, 1.54) is 7.11 Å². The van der Waals surface area contributed by atoms with Crippen LogP contribution in [0.15, 0.2) is 42.7 Å². The molecule has 0 saturated carbocycles. The molecule has 0 radical (unpaired) electrons. The predicted octanol–water partition coefficient (Wildman–Crippen LogP) is 1.61. The van der Waals surface area contributed by atoms with E-state index in [2.05, 4.69) is 5.10 Å². The van der Waals surface area contributed by atoms with Crippen LogP contribution in [0.1, 0.15) is 17.5 Å². The number of nitrogens with two attached hydrogens (primary N) is 1. The van der Waals surface area contributed by atoms with Gasteiger partial charge in [-0.05, 0) is 24.5 Å². The highest BCUT2D eigenvalue weighted by atomic mass is 16.5. The van der Waals surface area contributed by atoms with Gasteiger partial charge in [0.2, 0.25) is 0 Å². The minimum absolute atomic E-state index is 0.421. The maximum absolute atomic E-state index is 12.1. The summed E-state index contributed by atoms with van der Waals surface area (Å²) in [5.41, 5.74) is 6.98. The van der Waals surface area contributed by atoms with Gasteiger partial charge in [0, 0.05) is 12.7 Å². The third-order valence-corrected chi connectivity index (χ3v) is 3.34. The Morgan fingerprint density at radius 2 is 2.10 bits per heavy atom. The summed E-state index contributed by atoms with van der Waals surface area (Å²) >= 11 is 0. The van der Waals surface area contributed by atoms with Crippen molar-refractivity contribution in [3.63, 3.8) is 0 Å². The highest BCUT2D eigenvalue weighted by Crippen LogP contribution is 2.24. The highest BCUT2D eigenvalue weighted by Gasteiger charge is 2.36. The number of carbonyl (C=O) groups excluding carboxylic acids is 1. The molecule has 1 aromatic carbocycles. The summed E-state index contributed by atoms with van der Waals surface area (Å²) in [7, 11) is 1.35. The van der Waals surface area contributed by atoms with Crippen LogP contribution >= 0.6 is 0 Å². The Labute approximate surface area is 118 Å². The maximum Gasteiger partial charge on any atom is 0.330 e. The second-order valence-electron chi connectivity index (χ2n) is 4.86. The number of aromatic nitrogens is 2. The molecule has 0 aliphatic heterocycles. The van der Waals surface area contributed by atoms with Crippen molar-refractivity contribution in [1.82, 2.24) is 9.78 Å². The molecule has 2 N–H and O–H groups in total. The zero-order valence-corrected chi connectivity index (χ0v) is 11.7. The van der Waals surface area contributed by atoms with E-state index >= 15 is 0 Å². The standard InChI is InChI=1S/C15H19N3O2/c1-12-10-17-18(11-12)9-8-15(16,14(19)20-2)13-6-4-3-5-7-13/h3-7,10-11H,8-9,16H2,1-2H3. The average molecular weight is 273 g/mol. The first-order chi connectivity index (χ1) is 9.56. The summed E-state index contributed by atoms with van der Waals surface area (Å²) in [6, 6.07) is 9.28. The van der Waals surface area contributed by atoms with Crippen LogP contribution in [0.4, 0.5) is 0 Å². The van der Waals surface area contributed by atoms with Gasteiger partial charge in [0.1, 0.15) is 5.54 Å². The first-order valence-electron chi connectivity index (χ1n) is 6.48. The van der Waals surface area contributed by atoms with Crippen LogP contribution in [-0.4, -0.2) is 22.9 Å². The van der Waals surface area contributed by atoms with E-state index in [9.17, 15) is 4.79 Å². The van der Waals surface area contributed by atoms with Gasteiger partial charge in [-0.15, -0.1) is 0 Å². The lowest BCUT2D eigenvalue weighted by molar-refractivity contribution is -0.148. The number of methoxy groups -OCH3 is 1. The van der Waals surface area contributed by atoms with Crippen LogP contribution in [0.3, 0.4) is 0 Å². The summed E-state index contributed by atoms with van der Waals surface area (Å²) in [6.07, 6.45) is 4.12. The summed E-state index contributed by atoms with van der Waals surface area (Å²) in [4.78, 5) is 12.1. The van der Waals surface area contributed by atoms with Crippen LogP contribution in [0.25, 0.3) is 0 Å². The molecule has 0 spiro atoms. The minimum atomic E-state index is -1.16. The molecule has 106 valence electrons. The molecule has 1 atom stereocenters. The number of benzene rings is 1. The van der Waals surface area contributed by atoms with Crippen LogP contribution in [0.2, 0.25) is 0 Å². The highest BCUT2D eigenvalue weighted by molar-refractivity contribution is 5.82. The van der Waals surface area contributed by atoms with Crippen LogP contribution in [0, 0.1) is 6.92 Å². The molecule has 5 nitrogen and oxygen atoms in total.